The summed E-state index contributed by atoms with van der Waals surface area (Å²) < 4.78 is 11.2. The Morgan fingerprint density at radius 1 is 0.911 bits per heavy atom. The van der Waals surface area contributed by atoms with E-state index in [0.29, 0.717) is 24.5 Å². The summed E-state index contributed by atoms with van der Waals surface area (Å²) in [6.07, 6.45) is 0.652. The maximum atomic E-state index is 13.4. The Labute approximate surface area is 271 Å². The van der Waals surface area contributed by atoms with Crippen molar-refractivity contribution in [3.05, 3.63) is 118 Å². The summed E-state index contributed by atoms with van der Waals surface area (Å²) >= 11 is 13.0. The number of carbonyl (C=O) groups is 3. The monoisotopic (exact) mass is 646 g/mol. The van der Waals surface area contributed by atoms with Gasteiger partial charge in [0.25, 0.3) is 5.91 Å². The molecular formula is C34H32Cl2N4O5. The van der Waals surface area contributed by atoms with Gasteiger partial charge in [0, 0.05) is 30.3 Å². The van der Waals surface area contributed by atoms with Gasteiger partial charge in [0.2, 0.25) is 5.91 Å². The third-order valence-electron chi connectivity index (χ3n) is 7.28. The Morgan fingerprint density at radius 2 is 1.60 bits per heavy atom. The molecule has 1 aliphatic rings. The molecule has 0 aromatic heterocycles. The first kappa shape index (κ1) is 31.8. The average molecular weight is 648 g/mol. The molecule has 0 radical (unpaired) electrons. The minimum Gasteiger partial charge on any atom is -0.493 e. The number of fused-ring (bicyclic) bond motifs is 1. The lowest BCUT2D eigenvalue weighted by molar-refractivity contribution is -0.147. The standard InChI is InChI=1S/C34H32Cl2N4O5/c35-26-15-23(22-9-5-2-6-10-22)16-27(36)32(26)33(42)40-29(34(43)45-20-21-7-3-1-4-8-21)18-39-31(41)19-38-28-13-14-44-30-12-11-24(37)17-25(28)30/h1-12,15-17,28-29,38H,13-14,18-20,37H2,(H,39,41)(H,40,42)/t28-,29+/m1/s1. The highest BCUT2D eigenvalue weighted by molar-refractivity contribution is 6.40. The molecule has 5 N–H and O–H groups in total. The second kappa shape index (κ2) is 14.9. The predicted molar refractivity (Wildman–Crippen MR) is 174 cm³/mol. The zero-order valence-corrected chi connectivity index (χ0v) is 25.7. The number of nitrogens with one attached hydrogen (secondary N) is 3. The Balaban J connectivity index is 1.26. The highest BCUT2D eigenvalue weighted by Crippen LogP contribution is 2.34. The average Bonchev–Trinajstić information content (AvgIpc) is 3.05. The van der Waals surface area contributed by atoms with Crippen molar-refractivity contribution in [2.75, 3.05) is 25.4 Å². The second-order valence-corrected chi connectivity index (χ2v) is 11.3. The molecule has 2 amide bonds. The lowest BCUT2D eigenvalue weighted by atomic mass is 10.00. The van der Waals surface area contributed by atoms with Crippen LogP contribution in [0, 0.1) is 0 Å². The normalized spacial score (nSPS) is 14.4. The Morgan fingerprint density at radius 3 is 2.31 bits per heavy atom. The molecule has 0 fully saturated rings. The van der Waals surface area contributed by atoms with Crippen molar-refractivity contribution in [1.82, 2.24) is 16.0 Å². The number of amides is 2. The molecule has 0 saturated carbocycles. The number of halogens is 2. The molecule has 0 unspecified atom stereocenters. The van der Waals surface area contributed by atoms with Crippen LogP contribution in [-0.4, -0.2) is 43.5 Å². The fraction of sp³-hybridized carbons (Fsp3) is 0.206. The van der Waals surface area contributed by atoms with E-state index in [1.54, 1.807) is 24.3 Å². The van der Waals surface area contributed by atoms with E-state index in [2.05, 4.69) is 16.0 Å². The molecule has 232 valence electrons. The van der Waals surface area contributed by atoms with Crippen molar-refractivity contribution in [3.8, 4) is 16.9 Å². The number of ether oxygens (including phenoxy) is 2. The molecule has 1 aliphatic heterocycles. The molecule has 4 aromatic rings. The van der Waals surface area contributed by atoms with Gasteiger partial charge in [0.05, 0.1) is 28.8 Å². The number of nitrogens with two attached hydrogens (primary N) is 1. The Kier molecular flexibility index (Phi) is 10.6. The van der Waals surface area contributed by atoms with Crippen LogP contribution in [0.3, 0.4) is 0 Å². The first-order valence-electron chi connectivity index (χ1n) is 14.4. The maximum absolute atomic E-state index is 13.4. The molecule has 45 heavy (non-hydrogen) atoms. The summed E-state index contributed by atoms with van der Waals surface area (Å²) in [5.41, 5.74) is 9.79. The van der Waals surface area contributed by atoms with Crippen LogP contribution in [-0.2, 0) is 20.9 Å². The summed E-state index contributed by atoms with van der Waals surface area (Å²) in [4.78, 5) is 39.5. The van der Waals surface area contributed by atoms with Crippen molar-refractivity contribution >= 4 is 46.7 Å². The van der Waals surface area contributed by atoms with Crippen molar-refractivity contribution in [3.63, 3.8) is 0 Å². The van der Waals surface area contributed by atoms with Gasteiger partial charge >= 0.3 is 5.97 Å². The minimum absolute atomic E-state index is 0.00400. The highest BCUT2D eigenvalue weighted by Gasteiger charge is 2.27. The molecule has 4 aromatic carbocycles. The van der Waals surface area contributed by atoms with Crippen molar-refractivity contribution < 1.29 is 23.9 Å². The van der Waals surface area contributed by atoms with Crippen LogP contribution in [0.25, 0.3) is 11.1 Å². The molecule has 0 aliphatic carbocycles. The van der Waals surface area contributed by atoms with Crippen molar-refractivity contribution in [2.45, 2.75) is 25.1 Å². The summed E-state index contributed by atoms with van der Waals surface area (Å²) in [6, 6.07) is 25.8. The summed E-state index contributed by atoms with van der Waals surface area (Å²) in [6.45, 7) is 0.210. The quantitative estimate of drug-likeness (QED) is 0.128. The van der Waals surface area contributed by atoms with Crippen molar-refractivity contribution in [1.29, 1.82) is 0 Å². The number of carbonyl (C=O) groups excluding carboxylic acids is 3. The van der Waals surface area contributed by atoms with Gasteiger partial charge < -0.3 is 31.2 Å². The van der Waals surface area contributed by atoms with Crippen LogP contribution < -0.4 is 26.4 Å². The van der Waals surface area contributed by atoms with Crippen LogP contribution >= 0.6 is 23.2 Å². The van der Waals surface area contributed by atoms with Gasteiger partial charge in [-0.1, -0.05) is 83.9 Å². The largest absolute Gasteiger partial charge is 0.493 e. The van der Waals surface area contributed by atoms with E-state index in [1.807, 2.05) is 66.7 Å². The van der Waals surface area contributed by atoms with Crippen LogP contribution in [0.5, 0.6) is 5.75 Å². The van der Waals surface area contributed by atoms with Crippen LogP contribution in [0.2, 0.25) is 10.0 Å². The van der Waals surface area contributed by atoms with Crippen LogP contribution in [0.15, 0.2) is 91.0 Å². The van der Waals surface area contributed by atoms with E-state index in [4.69, 9.17) is 38.4 Å². The summed E-state index contributed by atoms with van der Waals surface area (Å²) in [5.74, 6) is -1.09. The first-order chi connectivity index (χ1) is 21.8. The molecule has 0 spiro atoms. The smallest absolute Gasteiger partial charge is 0.330 e. The van der Waals surface area contributed by atoms with E-state index >= 15 is 0 Å². The van der Waals surface area contributed by atoms with Crippen molar-refractivity contribution in [2.24, 2.45) is 0 Å². The van der Waals surface area contributed by atoms with E-state index in [0.717, 1.165) is 22.3 Å². The maximum Gasteiger partial charge on any atom is 0.330 e. The van der Waals surface area contributed by atoms with Gasteiger partial charge in [-0.05, 0) is 47.0 Å². The zero-order valence-electron chi connectivity index (χ0n) is 24.2. The molecule has 0 bridgehead atoms. The minimum atomic E-state index is -1.23. The summed E-state index contributed by atoms with van der Waals surface area (Å²) in [7, 11) is 0. The zero-order chi connectivity index (χ0) is 31.8. The Hall–Kier alpha value is -4.57. The lowest BCUT2D eigenvalue weighted by Crippen LogP contribution is -2.50. The number of hydrogen-bond acceptors (Lipinski definition) is 7. The third-order valence-corrected chi connectivity index (χ3v) is 7.87. The van der Waals surface area contributed by atoms with E-state index in [-0.39, 0.29) is 47.3 Å². The first-order valence-corrected chi connectivity index (χ1v) is 15.1. The van der Waals surface area contributed by atoms with E-state index < -0.39 is 17.9 Å². The lowest BCUT2D eigenvalue weighted by Gasteiger charge is -2.27. The van der Waals surface area contributed by atoms with Gasteiger partial charge in [-0.25, -0.2) is 4.79 Å². The van der Waals surface area contributed by atoms with Crippen LogP contribution in [0.4, 0.5) is 5.69 Å². The molecule has 9 nitrogen and oxygen atoms in total. The second-order valence-electron chi connectivity index (χ2n) is 10.5. The predicted octanol–water partition coefficient (Wildman–Crippen LogP) is 5.31. The fourth-order valence-electron chi connectivity index (χ4n) is 4.96. The number of rotatable bonds is 11. The van der Waals surface area contributed by atoms with E-state index in [1.165, 1.54) is 0 Å². The van der Waals surface area contributed by atoms with Gasteiger partial charge in [-0.2, -0.15) is 0 Å². The topological polar surface area (TPSA) is 132 Å². The molecule has 1 heterocycles. The van der Waals surface area contributed by atoms with Gasteiger partial charge in [0.1, 0.15) is 18.4 Å². The van der Waals surface area contributed by atoms with E-state index in [9.17, 15) is 14.4 Å². The molecule has 11 heteroatoms. The molecule has 0 saturated heterocycles. The molecule has 2 atom stereocenters. The van der Waals surface area contributed by atoms with Gasteiger partial charge in [-0.3, -0.25) is 9.59 Å². The number of anilines is 1. The van der Waals surface area contributed by atoms with Gasteiger partial charge in [0.15, 0.2) is 0 Å². The summed E-state index contributed by atoms with van der Waals surface area (Å²) in [5, 5.41) is 8.80. The number of hydrogen-bond donors (Lipinski definition) is 4. The third kappa shape index (κ3) is 8.33. The number of esters is 1. The molecule has 5 rings (SSSR count). The van der Waals surface area contributed by atoms with Crippen LogP contribution in [0.1, 0.15) is 33.9 Å². The van der Waals surface area contributed by atoms with Gasteiger partial charge in [-0.15, -0.1) is 0 Å². The number of benzene rings is 4. The SMILES string of the molecule is Nc1ccc2c(c1)[C@H](NCC(=O)NC[C@H](NC(=O)c1c(Cl)cc(-c3ccccc3)cc1Cl)C(=O)OCc1ccccc1)CCO2. The molecular weight excluding hydrogens is 615 g/mol. The number of nitrogen functional groups attached to an aromatic ring is 1. The fourth-order valence-corrected chi connectivity index (χ4v) is 5.62. The Bertz CT molecular complexity index is 1650. The highest BCUT2D eigenvalue weighted by atomic mass is 35.5.